The van der Waals surface area contributed by atoms with E-state index in [9.17, 15) is 14.4 Å². The fourth-order valence-corrected chi connectivity index (χ4v) is 4.12. The van der Waals surface area contributed by atoms with Crippen molar-refractivity contribution in [2.75, 3.05) is 5.32 Å². The highest BCUT2D eigenvalue weighted by Crippen LogP contribution is 2.47. The molecule has 0 saturated carbocycles. The number of hydrazone groups is 1. The number of nitrogens with one attached hydrogen (secondary N) is 1. The minimum Gasteiger partial charge on any atom is -0.481 e. The molecular formula is C18H15N3O4S. The molecule has 1 aromatic carbocycles. The van der Waals surface area contributed by atoms with Gasteiger partial charge in [-0.3, -0.25) is 14.4 Å². The summed E-state index contributed by atoms with van der Waals surface area (Å²) in [6, 6.07) is 11.0. The Balaban J connectivity index is 1.79. The Bertz CT molecular complexity index is 938. The van der Waals surface area contributed by atoms with Gasteiger partial charge in [0.1, 0.15) is 0 Å². The smallest absolute Gasteiger partial charge is 0.303 e. The Morgan fingerprint density at radius 2 is 2.04 bits per heavy atom. The zero-order chi connectivity index (χ0) is 18.3. The van der Waals surface area contributed by atoms with Gasteiger partial charge in [-0.15, -0.1) is 11.3 Å². The maximum absolute atomic E-state index is 12.9. The molecule has 3 heterocycles. The van der Waals surface area contributed by atoms with E-state index >= 15 is 0 Å². The van der Waals surface area contributed by atoms with Crippen LogP contribution in [0.25, 0.3) is 0 Å². The Hall–Kier alpha value is -3.00. The van der Waals surface area contributed by atoms with Gasteiger partial charge in [-0.05, 0) is 17.5 Å². The molecule has 2 N–H and O–H groups in total. The zero-order valence-electron chi connectivity index (χ0n) is 13.6. The first-order chi connectivity index (χ1) is 12.5. The number of carbonyl (C=O) groups is 3. The lowest BCUT2D eigenvalue weighted by atomic mass is 9.86. The van der Waals surface area contributed by atoms with Gasteiger partial charge in [0.25, 0.3) is 5.91 Å². The molecule has 2 aliphatic heterocycles. The van der Waals surface area contributed by atoms with Crippen LogP contribution in [0.5, 0.6) is 0 Å². The number of amides is 2. The van der Waals surface area contributed by atoms with Crippen LogP contribution in [-0.4, -0.2) is 33.6 Å². The molecule has 2 aliphatic rings. The van der Waals surface area contributed by atoms with Gasteiger partial charge in [0.15, 0.2) is 5.54 Å². The Morgan fingerprint density at radius 1 is 1.23 bits per heavy atom. The quantitative estimate of drug-likeness (QED) is 0.864. The van der Waals surface area contributed by atoms with E-state index in [-0.39, 0.29) is 25.2 Å². The number of hydrogen-bond donors (Lipinski definition) is 2. The summed E-state index contributed by atoms with van der Waals surface area (Å²) in [5.74, 6) is -1.87. The SMILES string of the molecule is O=C(O)CCC(=O)N1N=C(c2cccs2)C[C@]12C(=O)Nc1ccccc12. The molecule has 0 saturated heterocycles. The number of benzene rings is 1. The Morgan fingerprint density at radius 3 is 2.77 bits per heavy atom. The van der Waals surface area contributed by atoms with Crippen molar-refractivity contribution in [2.45, 2.75) is 24.8 Å². The number of carboxylic acids is 1. The number of anilines is 1. The molecule has 0 aliphatic carbocycles. The predicted molar refractivity (Wildman–Crippen MR) is 95.9 cm³/mol. The highest BCUT2D eigenvalue weighted by molar-refractivity contribution is 7.12. The average molecular weight is 369 g/mol. The van der Waals surface area contributed by atoms with E-state index < -0.39 is 17.4 Å². The maximum atomic E-state index is 12.9. The van der Waals surface area contributed by atoms with E-state index in [0.29, 0.717) is 17.0 Å². The first kappa shape index (κ1) is 16.5. The molecule has 7 nitrogen and oxygen atoms in total. The molecule has 0 fully saturated rings. The van der Waals surface area contributed by atoms with Crippen LogP contribution in [0.2, 0.25) is 0 Å². The van der Waals surface area contributed by atoms with Crippen molar-refractivity contribution >= 4 is 40.5 Å². The van der Waals surface area contributed by atoms with Crippen LogP contribution in [0.15, 0.2) is 46.9 Å². The van der Waals surface area contributed by atoms with Gasteiger partial charge < -0.3 is 10.4 Å². The number of aliphatic carboxylic acids is 1. The minimum atomic E-state index is -1.26. The summed E-state index contributed by atoms with van der Waals surface area (Å²) < 4.78 is 0. The van der Waals surface area contributed by atoms with E-state index in [0.717, 1.165) is 4.88 Å². The lowest BCUT2D eigenvalue weighted by Gasteiger charge is -2.30. The highest BCUT2D eigenvalue weighted by atomic mass is 32.1. The predicted octanol–water partition coefficient (Wildman–Crippen LogP) is 2.40. The summed E-state index contributed by atoms with van der Waals surface area (Å²) in [5.41, 5.74) is 0.724. The number of para-hydroxylation sites is 1. The van der Waals surface area contributed by atoms with Gasteiger partial charge in [0.2, 0.25) is 5.91 Å². The lowest BCUT2D eigenvalue weighted by molar-refractivity contribution is -0.146. The zero-order valence-corrected chi connectivity index (χ0v) is 14.5. The molecule has 2 aromatic rings. The van der Waals surface area contributed by atoms with Gasteiger partial charge in [-0.25, -0.2) is 5.01 Å². The summed E-state index contributed by atoms with van der Waals surface area (Å²) >= 11 is 1.48. The third kappa shape index (κ3) is 2.41. The molecule has 4 rings (SSSR count). The number of nitrogens with zero attached hydrogens (tertiary/aromatic N) is 2. The van der Waals surface area contributed by atoms with Crippen molar-refractivity contribution in [2.24, 2.45) is 5.10 Å². The van der Waals surface area contributed by atoms with Crippen LogP contribution >= 0.6 is 11.3 Å². The summed E-state index contributed by atoms with van der Waals surface area (Å²) in [6.45, 7) is 0. The molecule has 1 atom stereocenters. The second-order valence-corrected chi connectivity index (χ2v) is 7.11. The molecule has 0 unspecified atom stereocenters. The van der Waals surface area contributed by atoms with E-state index in [1.54, 1.807) is 12.1 Å². The van der Waals surface area contributed by atoms with E-state index in [1.165, 1.54) is 16.3 Å². The van der Waals surface area contributed by atoms with Crippen molar-refractivity contribution in [3.05, 3.63) is 52.2 Å². The third-order valence-corrected chi connectivity index (χ3v) is 5.52. The Kier molecular flexibility index (Phi) is 3.84. The molecular weight excluding hydrogens is 354 g/mol. The van der Waals surface area contributed by atoms with Gasteiger partial charge in [0.05, 0.1) is 17.0 Å². The van der Waals surface area contributed by atoms with Crippen molar-refractivity contribution in [3.63, 3.8) is 0 Å². The minimum absolute atomic E-state index is 0.215. The van der Waals surface area contributed by atoms with E-state index in [4.69, 9.17) is 5.11 Å². The molecule has 8 heteroatoms. The molecule has 0 radical (unpaired) electrons. The fourth-order valence-electron chi connectivity index (χ4n) is 3.41. The summed E-state index contributed by atoms with van der Waals surface area (Å²) in [6.07, 6.45) is -0.262. The number of hydrogen-bond acceptors (Lipinski definition) is 5. The van der Waals surface area contributed by atoms with Crippen LogP contribution in [0.1, 0.15) is 29.7 Å². The molecule has 1 aromatic heterocycles. The van der Waals surface area contributed by atoms with Crippen molar-refractivity contribution in [1.29, 1.82) is 0 Å². The van der Waals surface area contributed by atoms with Crippen LogP contribution < -0.4 is 5.32 Å². The average Bonchev–Trinajstić information content (AvgIpc) is 3.33. The first-order valence-electron chi connectivity index (χ1n) is 8.09. The maximum Gasteiger partial charge on any atom is 0.303 e. The van der Waals surface area contributed by atoms with Crippen molar-refractivity contribution in [1.82, 2.24) is 5.01 Å². The van der Waals surface area contributed by atoms with Gasteiger partial charge in [-0.2, -0.15) is 5.10 Å². The summed E-state index contributed by atoms with van der Waals surface area (Å²) in [5, 5.41) is 19.3. The lowest BCUT2D eigenvalue weighted by Crippen LogP contribution is -2.48. The topological polar surface area (TPSA) is 99.1 Å². The normalized spacial score (nSPS) is 20.8. The van der Waals surface area contributed by atoms with E-state index in [1.807, 2.05) is 29.6 Å². The van der Waals surface area contributed by atoms with Crippen LogP contribution in [-0.2, 0) is 19.9 Å². The van der Waals surface area contributed by atoms with Crippen molar-refractivity contribution < 1.29 is 19.5 Å². The first-order valence-corrected chi connectivity index (χ1v) is 8.97. The number of fused-ring (bicyclic) bond motifs is 2. The molecule has 26 heavy (non-hydrogen) atoms. The summed E-state index contributed by atoms with van der Waals surface area (Å²) in [7, 11) is 0. The van der Waals surface area contributed by atoms with Gasteiger partial charge >= 0.3 is 5.97 Å². The highest BCUT2D eigenvalue weighted by Gasteiger charge is 2.57. The number of rotatable bonds is 4. The van der Waals surface area contributed by atoms with E-state index in [2.05, 4.69) is 10.4 Å². The van der Waals surface area contributed by atoms with Crippen LogP contribution in [0.3, 0.4) is 0 Å². The summed E-state index contributed by atoms with van der Waals surface area (Å²) in [4.78, 5) is 37.4. The van der Waals surface area contributed by atoms with Crippen LogP contribution in [0.4, 0.5) is 5.69 Å². The van der Waals surface area contributed by atoms with Gasteiger partial charge in [0, 0.05) is 24.1 Å². The number of thiophene rings is 1. The number of carboxylic acid groups (broad SMARTS) is 1. The third-order valence-electron chi connectivity index (χ3n) is 4.60. The molecule has 0 bridgehead atoms. The Labute approximate surface area is 152 Å². The van der Waals surface area contributed by atoms with Crippen molar-refractivity contribution in [3.8, 4) is 0 Å². The van der Waals surface area contributed by atoms with Gasteiger partial charge in [-0.1, -0.05) is 24.3 Å². The second kappa shape index (κ2) is 6.06. The molecule has 1 spiro atoms. The number of carbonyl (C=O) groups excluding carboxylic acids is 2. The molecule has 2 amide bonds. The molecule has 132 valence electrons. The largest absolute Gasteiger partial charge is 0.481 e. The standard InChI is InChI=1S/C18H15N3O4S/c22-15(7-8-16(23)24)21-18(10-13(20-21)14-6-3-9-26-14)11-4-1-2-5-12(11)19-17(18)25/h1-6,9H,7-8,10H2,(H,19,25)(H,23,24)/t18-/m0/s1. The monoisotopic (exact) mass is 369 g/mol. The fraction of sp³-hybridized carbons (Fsp3) is 0.222. The second-order valence-electron chi connectivity index (χ2n) is 6.16. The van der Waals surface area contributed by atoms with Crippen LogP contribution in [0, 0.1) is 0 Å².